The van der Waals surface area contributed by atoms with E-state index in [2.05, 4.69) is 15.3 Å². The van der Waals surface area contributed by atoms with Gasteiger partial charge in [-0.2, -0.15) is 4.98 Å². The first-order valence-electron chi connectivity index (χ1n) is 5.40. The van der Waals surface area contributed by atoms with Crippen molar-refractivity contribution in [3.63, 3.8) is 0 Å². The highest BCUT2D eigenvalue weighted by atomic mass is 35.5. The van der Waals surface area contributed by atoms with Crippen LogP contribution in [-0.4, -0.2) is 35.5 Å². The highest BCUT2D eigenvalue weighted by molar-refractivity contribution is 6.29. The predicted molar refractivity (Wildman–Crippen MR) is 65.9 cm³/mol. The molecule has 17 heavy (non-hydrogen) atoms. The highest BCUT2D eigenvalue weighted by Gasteiger charge is 2.31. The number of nitrogens with zero attached hydrogens (tertiary/aromatic N) is 3. The molecule has 7 heteroatoms. The highest BCUT2D eigenvalue weighted by Crippen LogP contribution is 2.26. The van der Waals surface area contributed by atoms with Crippen molar-refractivity contribution in [3.05, 3.63) is 11.2 Å². The SMILES string of the molecule is CNC(=O)[C@@H]1CCCN1c1cc(Cl)nc(N)n1. The maximum absolute atomic E-state index is 11.7. The first-order valence-corrected chi connectivity index (χ1v) is 5.78. The van der Waals surface area contributed by atoms with E-state index >= 15 is 0 Å². The van der Waals surface area contributed by atoms with E-state index in [0.717, 1.165) is 19.4 Å². The van der Waals surface area contributed by atoms with Gasteiger partial charge in [0.05, 0.1) is 0 Å². The summed E-state index contributed by atoms with van der Waals surface area (Å²) < 4.78 is 0. The minimum Gasteiger partial charge on any atom is -0.368 e. The van der Waals surface area contributed by atoms with Crippen LogP contribution in [0.25, 0.3) is 0 Å². The lowest BCUT2D eigenvalue weighted by Crippen LogP contribution is -2.42. The molecule has 0 radical (unpaired) electrons. The molecule has 1 amide bonds. The fourth-order valence-electron chi connectivity index (χ4n) is 2.05. The molecule has 6 nitrogen and oxygen atoms in total. The van der Waals surface area contributed by atoms with Crippen LogP contribution in [0.5, 0.6) is 0 Å². The molecule has 1 aliphatic heterocycles. The van der Waals surface area contributed by atoms with Gasteiger partial charge in [-0.15, -0.1) is 0 Å². The van der Waals surface area contributed by atoms with Gasteiger partial charge in [0.15, 0.2) is 0 Å². The Morgan fingerprint density at radius 2 is 2.41 bits per heavy atom. The average Bonchev–Trinajstić information content (AvgIpc) is 2.75. The maximum Gasteiger partial charge on any atom is 0.242 e. The van der Waals surface area contributed by atoms with E-state index in [1.54, 1.807) is 13.1 Å². The molecule has 0 spiro atoms. The zero-order valence-electron chi connectivity index (χ0n) is 9.48. The van der Waals surface area contributed by atoms with Gasteiger partial charge in [0, 0.05) is 19.7 Å². The largest absolute Gasteiger partial charge is 0.368 e. The second-order valence-corrected chi connectivity index (χ2v) is 4.26. The van der Waals surface area contributed by atoms with E-state index in [4.69, 9.17) is 17.3 Å². The van der Waals surface area contributed by atoms with Crippen molar-refractivity contribution < 1.29 is 4.79 Å². The Labute approximate surface area is 104 Å². The number of halogens is 1. The van der Waals surface area contributed by atoms with Crippen LogP contribution in [0.4, 0.5) is 11.8 Å². The average molecular weight is 256 g/mol. The fourth-order valence-corrected chi connectivity index (χ4v) is 2.23. The van der Waals surface area contributed by atoms with Crippen LogP contribution in [0.3, 0.4) is 0 Å². The Morgan fingerprint density at radius 1 is 1.65 bits per heavy atom. The molecule has 0 bridgehead atoms. The zero-order chi connectivity index (χ0) is 12.4. The Kier molecular flexibility index (Phi) is 3.33. The van der Waals surface area contributed by atoms with Crippen LogP contribution >= 0.6 is 11.6 Å². The van der Waals surface area contributed by atoms with Gasteiger partial charge in [-0.1, -0.05) is 11.6 Å². The number of nitrogens with one attached hydrogen (secondary N) is 1. The minimum absolute atomic E-state index is 0.0178. The van der Waals surface area contributed by atoms with E-state index in [0.29, 0.717) is 5.82 Å². The van der Waals surface area contributed by atoms with E-state index < -0.39 is 0 Å². The second-order valence-electron chi connectivity index (χ2n) is 3.87. The number of aromatic nitrogens is 2. The number of likely N-dealkylation sites (N-methyl/N-ethyl adjacent to an activating group) is 1. The summed E-state index contributed by atoms with van der Waals surface area (Å²) in [5.74, 6) is 0.708. The van der Waals surface area contributed by atoms with Gasteiger partial charge in [0.2, 0.25) is 11.9 Å². The maximum atomic E-state index is 11.7. The van der Waals surface area contributed by atoms with Gasteiger partial charge in [0.1, 0.15) is 17.0 Å². The Balaban J connectivity index is 2.28. The summed E-state index contributed by atoms with van der Waals surface area (Å²) in [7, 11) is 1.63. The summed E-state index contributed by atoms with van der Waals surface area (Å²) in [6, 6.07) is 1.42. The normalized spacial score (nSPS) is 19.4. The van der Waals surface area contributed by atoms with Gasteiger partial charge in [-0.05, 0) is 12.8 Å². The topological polar surface area (TPSA) is 84.1 Å². The van der Waals surface area contributed by atoms with Gasteiger partial charge in [0.25, 0.3) is 0 Å². The molecule has 1 aromatic rings. The molecular formula is C10H14ClN5O. The van der Waals surface area contributed by atoms with Crippen molar-refractivity contribution in [1.82, 2.24) is 15.3 Å². The lowest BCUT2D eigenvalue weighted by atomic mass is 10.2. The Hall–Kier alpha value is -1.56. The third-order valence-corrected chi connectivity index (χ3v) is 2.99. The summed E-state index contributed by atoms with van der Waals surface area (Å²) in [6.07, 6.45) is 1.75. The molecular weight excluding hydrogens is 242 g/mol. The van der Waals surface area contributed by atoms with Crippen LogP contribution in [0, 0.1) is 0 Å². The van der Waals surface area contributed by atoms with Crippen LogP contribution in [0.15, 0.2) is 6.07 Å². The summed E-state index contributed by atoms with van der Waals surface area (Å²) in [4.78, 5) is 21.5. The number of amides is 1. The second kappa shape index (κ2) is 4.75. The van der Waals surface area contributed by atoms with Gasteiger partial charge < -0.3 is 16.0 Å². The molecule has 92 valence electrons. The molecule has 1 fully saturated rings. The third-order valence-electron chi connectivity index (χ3n) is 2.79. The molecule has 3 N–H and O–H groups in total. The van der Waals surface area contributed by atoms with Gasteiger partial charge >= 0.3 is 0 Å². The van der Waals surface area contributed by atoms with Crippen LogP contribution in [0.2, 0.25) is 5.15 Å². The Morgan fingerprint density at radius 3 is 3.06 bits per heavy atom. The first-order chi connectivity index (χ1) is 8.11. The van der Waals surface area contributed by atoms with Crippen molar-refractivity contribution in [2.24, 2.45) is 0 Å². The lowest BCUT2D eigenvalue weighted by molar-refractivity contribution is -0.121. The molecule has 1 saturated heterocycles. The summed E-state index contributed by atoms with van der Waals surface area (Å²) in [5.41, 5.74) is 5.55. The fraction of sp³-hybridized carbons (Fsp3) is 0.500. The number of anilines is 2. The van der Waals surface area contributed by atoms with E-state index in [1.807, 2.05) is 4.90 Å². The van der Waals surface area contributed by atoms with Crippen molar-refractivity contribution in [1.29, 1.82) is 0 Å². The van der Waals surface area contributed by atoms with Crippen molar-refractivity contribution in [2.75, 3.05) is 24.2 Å². The van der Waals surface area contributed by atoms with Crippen LogP contribution in [0.1, 0.15) is 12.8 Å². The van der Waals surface area contributed by atoms with Crippen LogP contribution in [-0.2, 0) is 4.79 Å². The van der Waals surface area contributed by atoms with E-state index in [1.165, 1.54) is 0 Å². The monoisotopic (exact) mass is 255 g/mol. The summed E-state index contributed by atoms with van der Waals surface area (Å²) >= 11 is 5.83. The number of hydrogen-bond donors (Lipinski definition) is 2. The molecule has 0 unspecified atom stereocenters. The number of hydrogen-bond acceptors (Lipinski definition) is 5. The van der Waals surface area contributed by atoms with Crippen LogP contribution < -0.4 is 16.0 Å². The zero-order valence-corrected chi connectivity index (χ0v) is 10.2. The smallest absolute Gasteiger partial charge is 0.242 e. The number of carbonyl (C=O) groups excluding carboxylic acids is 1. The molecule has 2 heterocycles. The predicted octanol–water partition coefficient (Wildman–Crippen LogP) is 0.427. The molecule has 0 aromatic carbocycles. The summed E-state index contributed by atoms with van der Waals surface area (Å²) in [5, 5.41) is 2.93. The number of nitrogen functional groups attached to an aromatic ring is 1. The molecule has 0 aliphatic carbocycles. The molecule has 1 aliphatic rings. The summed E-state index contributed by atoms with van der Waals surface area (Å²) in [6.45, 7) is 0.769. The molecule has 0 saturated carbocycles. The van der Waals surface area contributed by atoms with Crippen molar-refractivity contribution in [2.45, 2.75) is 18.9 Å². The lowest BCUT2D eigenvalue weighted by Gasteiger charge is -2.24. The number of rotatable bonds is 2. The molecule has 1 aromatic heterocycles. The van der Waals surface area contributed by atoms with E-state index in [-0.39, 0.29) is 23.1 Å². The third kappa shape index (κ3) is 2.41. The van der Waals surface area contributed by atoms with Gasteiger partial charge in [-0.3, -0.25) is 4.79 Å². The molecule has 2 rings (SSSR count). The Bertz CT molecular complexity index is 418. The van der Waals surface area contributed by atoms with Gasteiger partial charge in [-0.25, -0.2) is 4.98 Å². The standard InChI is InChI=1S/C10H14ClN5O/c1-13-9(17)6-3-2-4-16(6)8-5-7(11)14-10(12)15-8/h5-6H,2-4H2,1H3,(H,13,17)(H2,12,14,15)/t6-/m0/s1. The first kappa shape index (κ1) is 11.9. The van der Waals surface area contributed by atoms with E-state index in [9.17, 15) is 4.79 Å². The minimum atomic E-state index is -0.203. The van der Waals surface area contributed by atoms with Crippen molar-refractivity contribution >= 4 is 29.3 Å². The quantitative estimate of drug-likeness (QED) is 0.749. The number of nitrogens with two attached hydrogens (primary N) is 1. The number of carbonyl (C=O) groups is 1. The molecule has 1 atom stereocenters. The van der Waals surface area contributed by atoms with Crippen molar-refractivity contribution in [3.8, 4) is 0 Å².